The first-order valence-electron chi connectivity index (χ1n) is 5.52. The summed E-state index contributed by atoms with van der Waals surface area (Å²) in [5.74, 6) is 1.48. The third kappa shape index (κ3) is 2.89. The Morgan fingerprint density at radius 2 is 2.20 bits per heavy atom. The summed E-state index contributed by atoms with van der Waals surface area (Å²) in [5, 5.41) is 0. The van der Waals surface area contributed by atoms with Crippen LogP contribution in [0, 0.1) is 5.92 Å². The van der Waals surface area contributed by atoms with Gasteiger partial charge in [-0.1, -0.05) is 19.3 Å². The van der Waals surface area contributed by atoms with Gasteiger partial charge in [0.1, 0.15) is 0 Å². The molecule has 1 aliphatic rings. The number of hydrogen-bond acceptors (Lipinski definition) is 4. The maximum Gasteiger partial charge on any atom is 0.232 e. The Bertz CT molecular complexity index is 295. The molecular formula is C11H17N3O. The Morgan fingerprint density at radius 1 is 1.33 bits per heavy atom. The van der Waals surface area contributed by atoms with Crippen LogP contribution in [0.4, 0.5) is 0 Å². The van der Waals surface area contributed by atoms with Crippen LogP contribution in [0.15, 0.2) is 12.4 Å². The van der Waals surface area contributed by atoms with Gasteiger partial charge in [-0.3, -0.25) is 4.98 Å². The van der Waals surface area contributed by atoms with Gasteiger partial charge in [0.15, 0.2) is 0 Å². The zero-order chi connectivity index (χ0) is 10.5. The maximum absolute atomic E-state index is 5.50. The quantitative estimate of drug-likeness (QED) is 0.795. The third-order valence-corrected chi connectivity index (χ3v) is 2.89. The Hall–Kier alpha value is -1.16. The van der Waals surface area contributed by atoms with Crippen molar-refractivity contribution < 1.29 is 4.74 Å². The molecule has 1 fully saturated rings. The van der Waals surface area contributed by atoms with Gasteiger partial charge in [-0.25, -0.2) is 4.98 Å². The molecule has 2 N–H and O–H groups in total. The highest BCUT2D eigenvalue weighted by atomic mass is 16.5. The molecule has 0 spiro atoms. The molecule has 1 aliphatic carbocycles. The summed E-state index contributed by atoms with van der Waals surface area (Å²) in [5.41, 5.74) is 6.21. The highest BCUT2D eigenvalue weighted by Gasteiger charge is 2.16. The minimum Gasteiger partial charge on any atom is -0.477 e. The van der Waals surface area contributed by atoms with Crippen LogP contribution in [0.5, 0.6) is 5.88 Å². The van der Waals surface area contributed by atoms with E-state index in [1.807, 2.05) is 0 Å². The van der Waals surface area contributed by atoms with Gasteiger partial charge < -0.3 is 10.5 Å². The molecule has 1 aromatic heterocycles. The summed E-state index contributed by atoms with van der Waals surface area (Å²) in [6, 6.07) is 0. The Labute approximate surface area is 89.9 Å². The minimum atomic E-state index is 0.426. The first-order valence-corrected chi connectivity index (χ1v) is 5.52. The molecule has 15 heavy (non-hydrogen) atoms. The Morgan fingerprint density at radius 3 is 2.73 bits per heavy atom. The van der Waals surface area contributed by atoms with E-state index in [0.717, 1.165) is 24.6 Å². The van der Waals surface area contributed by atoms with Crippen molar-refractivity contribution >= 4 is 0 Å². The highest BCUT2D eigenvalue weighted by Crippen LogP contribution is 2.29. The van der Waals surface area contributed by atoms with Gasteiger partial charge in [-0.15, -0.1) is 0 Å². The van der Waals surface area contributed by atoms with E-state index in [2.05, 4.69) is 9.97 Å². The lowest BCUT2D eigenvalue weighted by Crippen LogP contribution is -2.14. The monoisotopic (exact) mass is 207 g/mol. The summed E-state index contributed by atoms with van der Waals surface area (Å²) in [7, 11) is 0. The zero-order valence-corrected chi connectivity index (χ0v) is 8.85. The van der Waals surface area contributed by atoms with Gasteiger partial charge in [0.2, 0.25) is 5.88 Å². The first kappa shape index (κ1) is 10.4. The predicted octanol–water partition coefficient (Wildman–Crippen LogP) is 1.50. The van der Waals surface area contributed by atoms with Crippen LogP contribution in [0.25, 0.3) is 0 Å². The average molecular weight is 207 g/mol. The SMILES string of the molecule is NCc1cnc(OCCC2CCC2)cn1. The summed E-state index contributed by atoms with van der Waals surface area (Å²) < 4.78 is 5.50. The lowest BCUT2D eigenvalue weighted by atomic mass is 9.83. The van der Waals surface area contributed by atoms with E-state index in [0.29, 0.717) is 12.4 Å². The van der Waals surface area contributed by atoms with E-state index < -0.39 is 0 Å². The van der Waals surface area contributed by atoms with E-state index in [9.17, 15) is 0 Å². The normalized spacial score (nSPS) is 16.1. The molecule has 0 saturated heterocycles. The highest BCUT2D eigenvalue weighted by molar-refractivity contribution is 5.06. The molecule has 0 unspecified atom stereocenters. The Balaban J connectivity index is 1.72. The number of ether oxygens (including phenoxy) is 1. The van der Waals surface area contributed by atoms with Crippen molar-refractivity contribution in [2.75, 3.05) is 6.61 Å². The van der Waals surface area contributed by atoms with Gasteiger partial charge in [-0.2, -0.15) is 0 Å². The van der Waals surface area contributed by atoms with Gasteiger partial charge in [-0.05, 0) is 12.3 Å². The van der Waals surface area contributed by atoms with Crippen LogP contribution in [0.1, 0.15) is 31.4 Å². The second kappa shape index (κ2) is 5.07. The molecule has 82 valence electrons. The number of aromatic nitrogens is 2. The van der Waals surface area contributed by atoms with Crippen LogP contribution >= 0.6 is 0 Å². The molecule has 0 bridgehead atoms. The molecule has 1 saturated carbocycles. The lowest BCUT2D eigenvalue weighted by molar-refractivity contribution is 0.216. The van der Waals surface area contributed by atoms with Crippen LogP contribution in [-0.4, -0.2) is 16.6 Å². The van der Waals surface area contributed by atoms with E-state index >= 15 is 0 Å². The smallest absolute Gasteiger partial charge is 0.232 e. The molecule has 0 atom stereocenters. The largest absolute Gasteiger partial charge is 0.477 e. The Kier molecular flexibility index (Phi) is 3.50. The van der Waals surface area contributed by atoms with Crippen molar-refractivity contribution in [1.82, 2.24) is 9.97 Å². The number of nitrogens with two attached hydrogens (primary N) is 1. The van der Waals surface area contributed by atoms with Gasteiger partial charge in [0.05, 0.1) is 24.7 Å². The fourth-order valence-electron chi connectivity index (χ4n) is 1.63. The fraction of sp³-hybridized carbons (Fsp3) is 0.636. The molecule has 0 radical (unpaired) electrons. The van der Waals surface area contributed by atoms with Crippen molar-refractivity contribution in [2.24, 2.45) is 11.7 Å². The molecular weight excluding hydrogens is 190 g/mol. The van der Waals surface area contributed by atoms with Crippen molar-refractivity contribution in [1.29, 1.82) is 0 Å². The maximum atomic E-state index is 5.50. The van der Waals surface area contributed by atoms with E-state index in [-0.39, 0.29) is 0 Å². The molecule has 2 rings (SSSR count). The molecule has 0 aliphatic heterocycles. The van der Waals surface area contributed by atoms with Gasteiger partial charge >= 0.3 is 0 Å². The van der Waals surface area contributed by atoms with Crippen molar-refractivity contribution in [2.45, 2.75) is 32.2 Å². The zero-order valence-electron chi connectivity index (χ0n) is 8.85. The van der Waals surface area contributed by atoms with Crippen LogP contribution in [-0.2, 0) is 6.54 Å². The van der Waals surface area contributed by atoms with Crippen molar-refractivity contribution in [3.05, 3.63) is 18.1 Å². The number of nitrogens with zero attached hydrogens (tertiary/aromatic N) is 2. The van der Waals surface area contributed by atoms with Crippen molar-refractivity contribution in [3.8, 4) is 5.88 Å². The topological polar surface area (TPSA) is 61.0 Å². The third-order valence-electron chi connectivity index (χ3n) is 2.89. The average Bonchev–Trinajstić information content (AvgIpc) is 2.23. The van der Waals surface area contributed by atoms with Crippen molar-refractivity contribution in [3.63, 3.8) is 0 Å². The van der Waals surface area contributed by atoms with E-state index in [4.69, 9.17) is 10.5 Å². The van der Waals surface area contributed by atoms with E-state index in [1.54, 1.807) is 12.4 Å². The first-order chi connectivity index (χ1) is 7.38. The van der Waals surface area contributed by atoms with E-state index in [1.165, 1.54) is 19.3 Å². The number of hydrogen-bond donors (Lipinski definition) is 1. The molecule has 0 amide bonds. The lowest BCUT2D eigenvalue weighted by Gasteiger charge is -2.24. The summed E-state index contributed by atoms with van der Waals surface area (Å²) >= 11 is 0. The summed E-state index contributed by atoms with van der Waals surface area (Å²) in [4.78, 5) is 8.24. The predicted molar refractivity (Wildman–Crippen MR) is 57.4 cm³/mol. The number of rotatable bonds is 5. The summed E-state index contributed by atoms with van der Waals surface area (Å²) in [6.07, 6.45) is 8.56. The second-order valence-electron chi connectivity index (χ2n) is 3.98. The summed E-state index contributed by atoms with van der Waals surface area (Å²) in [6.45, 7) is 1.18. The van der Waals surface area contributed by atoms with Crippen LogP contribution in [0.2, 0.25) is 0 Å². The van der Waals surface area contributed by atoms with Crippen LogP contribution in [0.3, 0.4) is 0 Å². The molecule has 4 nitrogen and oxygen atoms in total. The minimum absolute atomic E-state index is 0.426. The molecule has 4 heteroatoms. The molecule has 1 heterocycles. The second-order valence-corrected chi connectivity index (χ2v) is 3.98. The molecule has 0 aromatic carbocycles. The van der Waals surface area contributed by atoms with Gasteiger partial charge in [0.25, 0.3) is 0 Å². The molecule has 1 aromatic rings. The fourth-order valence-corrected chi connectivity index (χ4v) is 1.63. The standard InChI is InChI=1S/C11H17N3O/c12-6-10-7-14-11(8-13-10)15-5-4-9-2-1-3-9/h7-9H,1-6,12H2. The van der Waals surface area contributed by atoms with Gasteiger partial charge in [0, 0.05) is 6.54 Å². The van der Waals surface area contributed by atoms with Crippen LogP contribution < -0.4 is 10.5 Å².